The van der Waals surface area contributed by atoms with Gasteiger partial charge in [-0.15, -0.1) is 6.58 Å². The molecule has 126 valence electrons. The second-order valence-corrected chi connectivity index (χ2v) is 6.12. The minimum Gasteiger partial charge on any atom is -0.335 e. The Hall–Kier alpha value is -1.88. The highest BCUT2D eigenvalue weighted by Gasteiger charge is 2.24. The maximum Gasteiger partial charge on any atom is 0.317 e. The molecule has 1 N–H and O–H groups in total. The summed E-state index contributed by atoms with van der Waals surface area (Å²) in [5, 5.41) is 3.06. The maximum absolute atomic E-state index is 13.9. The summed E-state index contributed by atoms with van der Waals surface area (Å²) in [4.78, 5) is 16.3. The molecule has 0 saturated carbocycles. The third-order valence-corrected chi connectivity index (χ3v) is 4.56. The Bertz CT molecular complexity index is 541. The molecular weight excluding hydrogens is 293 g/mol. The van der Waals surface area contributed by atoms with Gasteiger partial charge in [0.1, 0.15) is 5.82 Å². The minimum absolute atomic E-state index is 0.150. The molecule has 2 amide bonds. The van der Waals surface area contributed by atoms with Crippen LogP contribution in [0.25, 0.3) is 0 Å². The van der Waals surface area contributed by atoms with Crippen LogP contribution in [0.15, 0.2) is 36.9 Å². The molecule has 0 unspecified atom stereocenters. The molecule has 1 atom stereocenters. The summed E-state index contributed by atoms with van der Waals surface area (Å²) in [5.41, 5.74) is 0.533. The number of urea groups is 1. The maximum atomic E-state index is 13.9. The zero-order valence-electron chi connectivity index (χ0n) is 14.0. The highest BCUT2D eigenvalue weighted by Crippen LogP contribution is 2.22. The first-order valence-corrected chi connectivity index (χ1v) is 8.14. The molecule has 1 aliphatic rings. The van der Waals surface area contributed by atoms with Gasteiger partial charge in [0.25, 0.3) is 0 Å². The number of amides is 2. The standard InChI is InChI=1S/C18H26FN3O/c1-4-11-22-12-9-15(10-13-22)20-18(23)21(3)14(2)16-7-5-6-8-17(16)19/h4-8,14-15H,1,9-13H2,2-3H3,(H,20,23)/t14-/m1/s1. The van der Waals surface area contributed by atoms with Crippen molar-refractivity contribution in [2.75, 3.05) is 26.7 Å². The van der Waals surface area contributed by atoms with E-state index in [2.05, 4.69) is 16.8 Å². The third-order valence-electron chi connectivity index (χ3n) is 4.56. The zero-order chi connectivity index (χ0) is 16.8. The topological polar surface area (TPSA) is 35.6 Å². The van der Waals surface area contributed by atoms with Crippen LogP contribution < -0.4 is 5.32 Å². The summed E-state index contributed by atoms with van der Waals surface area (Å²) in [5.74, 6) is -0.280. The first-order chi connectivity index (χ1) is 11.0. The Labute approximate surface area is 138 Å². The van der Waals surface area contributed by atoms with E-state index in [1.165, 1.54) is 6.07 Å². The van der Waals surface area contributed by atoms with E-state index in [1.54, 1.807) is 30.1 Å². The van der Waals surface area contributed by atoms with Crippen molar-refractivity contribution in [3.63, 3.8) is 0 Å². The van der Waals surface area contributed by atoms with Crippen LogP contribution in [0, 0.1) is 5.82 Å². The van der Waals surface area contributed by atoms with E-state index in [0.717, 1.165) is 32.5 Å². The van der Waals surface area contributed by atoms with Crippen LogP contribution >= 0.6 is 0 Å². The van der Waals surface area contributed by atoms with Crippen molar-refractivity contribution >= 4 is 6.03 Å². The summed E-state index contributed by atoms with van der Waals surface area (Å²) in [6.45, 7) is 8.41. The number of halogens is 1. The van der Waals surface area contributed by atoms with Gasteiger partial charge in [0.15, 0.2) is 0 Å². The van der Waals surface area contributed by atoms with Crippen LogP contribution in [-0.4, -0.2) is 48.6 Å². The number of rotatable bonds is 5. The molecule has 1 heterocycles. The van der Waals surface area contributed by atoms with Gasteiger partial charge >= 0.3 is 6.03 Å². The summed E-state index contributed by atoms with van der Waals surface area (Å²) >= 11 is 0. The summed E-state index contributed by atoms with van der Waals surface area (Å²) in [6.07, 6.45) is 3.77. The van der Waals surface area contributed by atoms with Crippen LogP contribution in [0.5, 0.6) is 0 Å². The second-order valence-electron chi connectivity index (χ2n) is 6.12. The Kier molecular flexibility index (Phi) is 6.16. The molecule has 4 nitrogen and oxygen atoms in total. The van der Waals surface area contributed by atoms with Crippen molar-refractivity contribution in [1.29, 1.82) is 0 Å². The van der Waals surface area contributed by atoms with Gasteiger partial charge in [-0.1, -0.05) is 24.3 Å². The minimum atomic E-state index is -0.308. The number of nitrogens with zero attached hydrogens (tertiary/aromatic N) is 2. The lowest BCUT2D eigenvalue weighted by atomic mass is 10.0. The quantitative estimate of drug-likeness (QED) is 0.846. The molecule has 0 bridgehead atoms. The van der Waals surface area contributed by atoms with Gasteiger partial charge < -0.3 is 10.2 Å². The number of piperidine rings is 1. The van der Waals surface area contributed by atoms with Crippen LogP contribution in [0.1, 0.15) is 31.4 Å². The Morgan fingerprint density at radius 2 is 2.13 bits per heavy atom. The molecule has 1 fully saturated rings. The SMILES string of the molecule is C=CCN1CCC(NC(=O)N(C)[C@H](C)c2ccccc2F)CC1. The predicted octanol–water partition coefficient (Wildman–Crippen LogP) is 3.18. The van der Waals surface area contributed by atoms with Crippen LogP contribution in [0.4, 0.5) is 9.18 Å². The summed E-state index contributed by atoms with van der Waals surface area (Å²) in [6, 6.07) is 6.31. The van der Waals surface area contributed by atoms with Crippen molar-refractivity contribution in [3.05, 3.63) is 48.3 Å². The number of benzene rings is 1. The van der Waals surface area contributed by atoms with Crippen molar-refractivity contribution in [3.8, 4) is 0 Å². The summed E-state index contributed by atoms with van der Waals surface area (Å²) in [7, 11) is 1.71. The molecule has 0 aliphatic carbocycles. The lowest BCUT2D eigenvalue weighted by molar-refractivity contribution is 0.174. The number of nitrogens with one attached hydrogen (secondary N) is 1. The lowest BCUT2D eigenvalue weighted by Crippen LogP contribution is -2.48. The Balaban J connectivity index is 1.88. The fourth-order valence-corrected chi connectivity index (χ4v) is 2.92. The smallest absolute Gasteiger partial charge is 0.317 e. The predicted molar refractivity (Wildman–Crippen MR) is 90.8 cm³/mol. The normalized spacial score (nSPS) is 17.5. The summed E-state index contributed by atoms with van der Waals surface area (Å²) < 4.78 is 13.9. The molecule has 1 aromatic rings. The van der Waals surface area contributed by atoms with Crippen molar-refractivity contribution in [2.45, 2.75) is 31.8 Å². The van der Waals surface area contributed by atoms with Crippen molar-refractivity contribution in [2.24, 2.45) is 0 Å². The molecule has 0 radical (unpaired) electrons. The number of hydrogen-bond acceptors (Lipinski definition) is 2. The van der Waals surface area contributed by atoms with Gasteiger partial charge in [0, 0.05) is 38.3 Å². The lowest BCUT2D eigenvalue weighted by Gasteiger charge is -2.33. The van der Waals surface area contributed by atoms with Crippen molar-refractivity contribution in [1.82, 2.24) is 15.1 Å². The number of hydrogen-bond donors (Lipinski definition) is 1. The van der Waals surface area contributed by atoms with Crippen molar-refractivity contribution < 1.29 is 9.18 Å². The third kappa shape index (κ3) is 4.55. The molecule has 23 heavy (non-hydrogen) atoms. The molecule has 0 aromatic heterocycles. The number of carbonyl (C=O) groups excluding carboxylic acids is 1. The van der Waals surface area contributed by atoms with Gasteiger partial charge in [-0.2, -0.15) is 0 Å². The van der Waals surface area contributed by atoms with E-state index in [9.17, 15) is 9.18 Å². The van der Waals surface area contributed by atoms with Gasteiger partial charge in [0.05, 0.1) is 6.04 Å². The van der Waals surface area contributed by atoms with E-state index < -0.39 is 0 Å². The Morgan fingerprint density at radius 3 is 2.74 bits per heavy atom. The largest absolute Gasteiger partial charge is 0.335 e. The highest BCUT2D eigenvalue weighted by atomic mass is 19.1. The van der Waals surface area contributed by atoms with E-state index in [1.807, 2.05) is 13.0 Å². The van der Waals surface area contributed by atoms with E-state index in [4.69, 9.17) is 0 Å². The highest BCUT2D eigenvalue weighted by molar-refractivity contribution is 5.74. The van der Waals surface area contributed by atoms with E-state index in [0.29, 0.717) is 5.56 Å². The van der Waals surface area contributed by atoms with Crippen LogP contribution in [-0.2, 0) is 0 Å². The molecule has 1 aliphatic heterocycles. The fourth-order valence-electron chi connectivity index (χ4n) is 2.92. The van der Waals surface area contributed by atoms with Gasteiger partial charge in [-0.05, 0) is 25.8 Å². The molecule has 2 rings (SSSR count). The van der Waals surface area contributed by atoms with Crippen LogP contribution in [0.2, 0.25) is 0 Å². The van der Waals surface area contributed by atoms with Gasteiger partial charge in [-0.25, -0.2) is 9.18 Å². The monoisotopic (exact) mass is 319 g/mol. The molecular formula is C18H26FN3O. The van der Waals surface area contributed by atoms with Crippen LogP contribution in [0.3, 0.4) is 0 Å². The van der Waals surface area contributed by atoms with Gasteiger partial charge in [-0.3, -0.25) is 4.90 Å². The first kappa shape index (κ1) is 17.5. The second kappa shape index (κ2) is 8.11. The van der Waals surface area contributed by atoms with E-state index >= 15 is 0 Å². The average Bonchev–Trinajstić information content (AvgIpc) is 2.56. The fraction of sp³-hybridized carbons (Fsp3) is 0.500. The van der Waals surface area contributed by atoms with E-state index in [-0.39, 0.29) is 23.9 Å². The molecule has 0 spiro atoms. The van der Waals surface area contributed by atoms with Gasteiger partial charge in [0.2, 0.25) is 0 Å². The Morgan fingerprint density at radius 1 is 1.48 bits per heavy atom. The molecule has 5 heteroatoms. The average molecular weight is 319 g/mol. The number of likely N-dealkylation sites (tertiary alicyclic amines) is 1. The first-order valence-electron chi connectivity index (χ1n) is 8.14. The zero-order valence-corrected chi connectivity index (χ0v) is 14.0. The number of carbonyl (C=O) groups is 1. The molecule has 1 saturated heterocycles. The molecule has 1 aromatic carbocycles.